The summed E-state index contributed by atoms with van der Waals surface area (Å²) in [6.07, 6.45) is 1.77. The van der Waals surface area contributed by atoms with E-state index in [0.717, 1.165) is 12.2 Å². The summed E-state index contributed by atoms with van der Waals surface area (Å²) < 4.78 is 6.32. The van der Waals surface area contributed by atoms with E-state index >= 15 is 0 Å². The van der Waals surface area contributed by atoms with Crippen LogP contribution in [0.4, 0.5) is 11.5 Å². The number of aryl methyl sites for hydroxylation is 1. The molecule has 1 unspecified atom stereocenters. The summed E-state index contributed by atoms with van der Waals surface area (Å²) in [5.41, 5.74) is -0.0491. The van der Waals surface area contributed by atoms with Gasteiger partial charge in [0.2, 0.25) is 0 Å². The second-order valence-electron chi connectivity index (χ2n) is 5.06. The van der Waals surface area contributed by atoms with Crippen molar-refractivity contribution >= 4 is 27.4 Å². The van der Waals surface area contributed by atoms with Gasteiger partial charge in [-0.2, -0.15) is 5.10 Å². The summed E-state index contributed by atoms with van der Waals surface area (Å²) in [6.45, 7) is 3.68. The van der Waals surface area contributed by atoms with E-state index in [-0.39, 0.29) is 11.8 Å². The molecule has 3 heterocycles. The molecule has 1 N–H and O–H groups in total. The highest BCUT2D eigenvalue weighted by atomic mass is 79.9. The fourth-order valence-electron chi connectivity index (χ4n) is 2.36. The standard InChI is InChI=1S/C13H15BrN6O3/c1-2-11-16-12(18-17-11)10-7-19(3-4-23-10)13-9(14)5-8(6-15-13)20(21)22/h5-6,10H,2-4,7H2,1H3,(H,16,17,18). The number of ether oxygens (including phenoxy) is 1. The Bertz CT molecular complexity index is 721. The van der Waals surface area contributed by atoms with Gasteiger partial charge in [0.25, 0.3) is 5.69 Å². The number of hydrogen-bond donors (Lipinski definition) is 1. The molecule has 0 saturated carbocycles. The van der Waals surface area contributed by atoms with Gasteiger partial charge in [0.05, 0.1) is 22.5 Å². The Morgan fingerprint density at radius 1 is 1.61 bits per heavy atom. The van der Waals surface area contributed by atoms with Crippen molar-refractivity contribution in [1.29, 1.82) is 0 Å². The number of pyridine rings is 1. The van der Waals surface area contributed by atoms with Gasteiger partial charge in [-0.05, 0) is 15.9 Å². The summed E-state index contributed by atoms with van der Waals surface area (Å²) in [7, 11) is 0. The largest absolute Gasteiger partial charge is 0.366 e. The van der Waals surface area contributed by atoms with Crippen LogP contribution in [0.2, 0.25) is 0 Å². The molecule has 0 spiro atoms. The molecule has 2 aromatic heterocycles. The van der Waals surface area contributed by atoms with Crippen molar-refractivity contribution < 1.29 is 9.66 Å². The number of aromatic nitrogens is 4. The molecule has 23 heavy (non-hydrogen) atoms. The zero-order chi connectivity index (χ0) is 16.4. The number of aromatic amines is 1. The van der Waals surface area contributed by atoms with E-state index in [4.69, 9.17) is 4.74 Å². The topological polar surface area (TPSA) is 110 Å². The Kier molecular flexibility index (Phi) is 4.53. The minimum absolute atomic E-state index is 0.0491. The molecule has 3 rings (SSSR count). The van der Waals surface area contributed by atoms with Crippen molar-refractivity contribution in [3.63, 3.8) is 0 Å². The molecule has 1 aliphatic heterocycles. The number of nitrogens with zero attached hydrogens (tertiary/aromatic N) is 5. The lowest BCUT2D eigenvalue weighted by Crippen LogP contribution is -2.39. The van der Waals surface area contributed by atoms with Crippen molar-refractivity contribution in [2.24, 2.45) is 0 Å². The molecular weight excluding hydrogens is 368 g/mol. The molecule has 0 radical (unpaired) electrons. The molecule has 0 amide bonds. The Labute approximate surface area is 140 Å². The van der Waals surface area contributed by atoms with Crippen LogP contribution in [0.25, 0.3) is 0 Å². The third-order valence-corrected chi connectivity index (χ3v) is 4.14. The number of rotatable bonds is 4. The molecule has 0 bridgehead atoms. The fourth-order valence-corrected chi connectivity index (χ4v) is 2.95. The quantitative estimate of drug-likeness (QED) is 0.635. The first-order chi connectivity index (χ1) is 11.1. The molecule has 1 fully saturated rings. The van der Waals surface area contributed by atoms with Crippen molar-refractivity contribution in [3.05, 3.63) is 38.5 Å². The first-order valence-electron chi connectivity index (χ1n) is 7.16. The third kappa shape index (κ3) is 3.32. The second-order valence-corrected chi connectivity index (χ2v) is 5.91. The van der Waals surface area contributed by atoms with Gasteiger partial charge in [-0.3, -0.25) is 15.2 Å². The number of nitrogens with one attached hydrogen (secondary N) is 1. The van der Waals surface area contributed by atoms with E-state index in [9.17, 15) is 10.1 Å². The first-order valence-corrected chi connectivity index (χ1v) is 7.95. The Morgan fingerprint density at radius 3 is 3.09 bits per heavy atom. The average molecular weight is 383 g/mol. The Morgan fingerprint density at radius 2 is 2.43 bits per heavy atom. The van der Waals surface area contributed by atoms with Crippen molar-refractivity contribution in [2.75, 3.05) is 24.6 Å². The lowest BCUT2D eigenvalue weighted by Gasteiger charge is -2.32. The smallest absolute Gasteiger partial charge is 0.288 e. The first kappa shape index (κ1) is 15.8. The number of anilines is 1. The number of hydrogen-bond acceptors (Lipinski definition) is 7. The third-order valence-electron chi connectivity index (χ3n) is 3.56. The van der Waals surface area contributed by atoms with E-state index in [1.54, 1.807) is 0 Å². The maximum Gasteiger partial charge on any atom is 0.288 e. The molecule has 0 aromatic carbocycles. The maximum absolute atomic E-state index is 10.8. The molecule has 1 aliphatic rings. The number of H-pyrrole nitrogens is 1. The minimum atomic E-state index is -0.469. The minimum Gasteiger partial charge on any atom is -0.366 e. The van der Waals surface area contributed by atoms with Gasteiger partial charge in [-0.25, -0.2) is 9.97 Å². The van der Waals surface area contributed by atoms with Crippen LogP contribution in [0, 0.1) is 10.1 Å². The van der Waals surface area contributed by atoms with E-state index in [2.05, 4.69) is 36.1 Å². The van der Waals surface area contributed by atoms with Crippen LogP contribution in [-0.4, -0.2) is 44.8 Å². The molecule has 10 heteroatoms. The van der Waals surface area contributed by atoms with Gasteiger partial charge >= 0.3 is 0 Å². The Balaban J connectivity index is 1.79. The number of halogens is 1. The highest BCUT2D eigenvalue weighted by Crippen LogP contribution is 2.30. The summed E-state index contributed by atoms with van der Waals surface area (Å²) in [6, 6.07) is 1.45. The summed E-state index contributed by atoms with van der Waals surface area (Å²) in [5, 5.41) is 17.9. The van der Waals surface area contributed by atoms with E-state index in [1.807, 2.05) is 11.8 Å². The molecule has 0 aliphatic carbocycles. The summed E-state index contributed by atoms with van der Waals surface area (Å²) >= 11 is 3.36. The average Bonchev–Trinajstić information content (AvgIpc) is 3.04. The lowest BCUT2D eigenvalue weighted by molar-refractivity contribution is -0.385. The van der Waals surface area contributed by atoms with Gasteiger partial charge in [0, 0.05) is 19.0 Å². The van der Waals surface area contributed by atoms with E-state index in [0.29, 0.717) is 35.8 Å². The lowest BCUT2D eigenvalue weighted by atomic mass is 10.2. The maximum atomic E-state index is 10.8. The second kappa shape index (κ2) is 6.59. The van der Waals surface area contributed by atoms with Crippen LogP contribution in [0.15, 0.2) is 16.7 Å². The van der Waals surface area contributed by atoms with Gasteiger partial charge in [-0.15, -0.1) is 0 Å². The fraction of sp³-hybridized carbons (Fsp3) is 0.462. The molecule has 9 nitrogen and oxygen atoms in total. The highest BCUT2D eigenvalue weighted by molar-refractivity contribution is 9.10. The van der Waals surface area contributed by atoms with Gasteiger partial charge in [0.15, 0.2) is 5.82 Å². The normalized spacial score (nSPS) is 18.2. The van der Waals surface area contributed by atoms with Gasteiger partial charge < -0.3 is 9.64 Å². The zero-order valence-corrected chi connectivity index (χ0v) is 14.0. The van der Waals surface area contributed by atoms with Crippen LogP contribution in [0.1, 0.15) is 24.7 Å². The number of morpholine rings is 1. The molecule has 122 valence electrons. The monoisotopic (exact) mass is 382 g/mol. The van der Waals surface area contributed by atoms with Crippen LogP contribution in [-0.2, 0) is 11.2 Å². The van der Waals surface area contributed by atoms with Crippen LogP contribution < -0.4 is 4.90 Å². The van der Waals surface area contributed by atoms with E-state index in [1.165, 1.54) is 12.3 Å². The van der Waals surface area contributed by atoms with Gasteiger partial charge in [0.1, 0.15) is 23.9 Å². The highest BCUT2D eigenvalue weighted by Gasteiger charge is 2.27. The van der Waals surface area contributed by atoms with Crippen LogP contribution >= 0.6 is 15.9 Å². The predicted molar refractivity (Wildman–Crippen MR) is 85.3 cm³/mol. The predicted octanol–water partition coefficient (Wildman–Crippen LogP) is 2.01. The SMILES string of the molecule is CCc1nc(C2CN(c3ncc([N+](=O)[O-])cc3Br)CCO2)n[nH]1. The molecular formula is C13H15BrN6O3. The molecule has 1 saturated heterocycles. The van der Waals surface area contributed by atoms with Crippen LogP contribution in [0.5, 0.6) is 0 Å². The van der Waals surface area contributed by atoms with Crippen LogP contribution in [0.3, 0.4) is 0 Å². The van der Waals surface area contributed by atoms with Crippen molar-refractivity contribution in [3.8, 4) is 0 Å². The molecule has 1 atom stereocenters. The summed E-state index contributed by atoms with van der Waals surface area (Å²) in [4.78, 5) is 20.9. The van der Waals surface area contributed by atoms with E-state index < -0.39 is 4.92 Å². The van der Waals surface area contributed by atoms with Gasteiger partial charge in [-0.1, -0.05) is 6.92 Å². The molecule has 2 aromatic rings. The summed E-state index contributed by atoms with van der Waals surface area (Å²) in [5.74, 6) is 2.08. The van der Waals surface area contributed by atoms with Crippen molar-refractivity contribution in [2.45, 2.75) is 19.4 Å². The Hall–Kier alpha value is -2.07. The van der Waals surface area contributed by atoms with Crippen molar-refractivity contribution in [1.82, 2.24) is 20.2 Å². The zero-order valence-electron chi connectivity index (χ0n) is 12.4. The number of nitro groups is 1.